The van der Waals surface area contributed by atoms with Crippen molar-refractivity contribution in [2.45, 2.75) is 31.8 Å². The van der Waals surface area contributed by atoms with Crippen LogP contribution in [0.3, 0.4) is 0 Å². The molecule has 1 saturated heterocycles. The lowest BCUT2D eigenvalue weighted by atomic mass is 10.1. The Hall–Kier alpha value is -2.69. The van der Waals surface area contributed by atoms with E-state index in [0.717, 1.165) is 12.0 Å². The number of benzene rings is 1. The van der Waals surface area contributed by atoms with Crippen molar-refractivity contribution in [3.8, 4) is 0 Å². The number of rotatable bonds is 6. The Morgan fingerprint density at radius 2 is 1.96 bits per heavy atom. The second-order valence-electron chi connectivity index (χ2n) is 6.01. The van der Waals surface area contributed by atoms with Gasteiger partial charge in [0.15, 0.2) is 12.4 Å². The van der Waals surface area contributed by atoms with Crippen LogP contribution in [0.1, 0.15) is 24.0 Å². The number of carbonyl (C=O) groups is 2. The van der Waals surface area contributed by atoms with Crippen LogP contribution in [0.2, 0.25) is 0 Å². The third-order valence-electron chi connectivity index (χ3n) is 4.31. The van der Waals surface area contributed by atoms with Gasteiger partial charge in [0.05, 0.1) is 6.54 Å². The number of aromatic nitrogens is 1. The number of H-pyrrole nitrogens is 1. The lowest BCUT2D eigenvalue weighted by molar-refractivity contribution is -0.378. The minimum Gasteiger partial charge on any atom is -0.354 e. The number of pyridine rings is 1. The number of aromatic amines is 1. The summed E-state index contributed by atoms with van der Waals surface area (Å²) in [7, 11) is 0. The van der Waals surface area contributed by atoms with Crippen molar-refractivity contribution in [2.75, 3.05) is 6.54 Å². The zero-order valence-corrected chi connectivity index (χ0v) is 13.6. The van der Waals surface area contributed by atoms with Crippen molar-refractivity contribution < 1.29 is 14.6 Å². The van der Waals surface area contributed by atoms with Crippen LogP contribution in [0.25, 0.3) is 0 Å². The maximum Gasteiger partial charge on any atom is 0.242 e. The molecule has 1 atom stereocenters. The highest BCUT2D eigenvalue weighted by Crippen LogP contribution is 2.21. The highest BCUT2D eigenvalue weighted by atomic mass is 16.2. The van der Waals surface area contributed by atoms with Crippen LogP contribution in [-0.2, 0) is 22.6 Å². The normalized spacial score (nSPS) is 17.1. The largest absolute Gasteiger partial charge is 0.354 e. The molecule has 1 aliphatic heterocycles. The highest BCUT2D eigenvalue weighted by molar-refractivity contribution is 5.90. The number of nitrogens with one attached hydrogen (secondary N) is 2. The van der Waals surface area contributed by atoms with E-state index in [2.05, 4.69) is 10.3 Å². The summed E-state index contributed by atoms with van der Waals surface area (Å²) in [5.74, 6) is -0.0150. The number of carbonyl (C=O) groups excluding carboxylic acids is 2. The predicted molar refractivity (Wildman–Crippen MR) is 89.7 cm³/mol. The molecule has 0 saturated carbocycles. The van der Waals surface area contributed by atoms with Gasteiger partial charge in [0.25, 0.3) is 0 Å². The maximum atomic E-state index is 12.5. The summed E-state index contributed by atoms with van der Waals surface area (Å²) in [4.78, 5) is 29.3. The molecule has 5 heteroatoms. The molecule has 2 amide bonds. The molecule has 1 aromatic carbocycles. The molecule has 0 aliphatic carbocycles. The molecule has 1 aromatic heterocycles. The maximum absolute atomic E-state index is 12.5. The summed E-state index contributed by atoms with van der Waals surface area (Å²) in [6.45, 7) is 1.05. The lowest BCUT2D eigenvalue weighted by Crippen LogP contribution is -2.44. The molecule has 0 radical (unpaired) electrons. The third-order valence-corrected chi connectivity index (χ3v) is 4.31. The van der Waals surface area contributed by atoms with Crippen LogP contribution in [0.15, 0.2) is 54.9 Å². The number of hydrogen-bond donors (Lipinski definition) is 1. The van der Waals surface area contributed by atoms with Crippen molar-refractivity contribution in [3.63, 3.8) is 0 Å². The van der Waals surface area contributed by atoms with Gasteiger partial charge < -0.3 is 10.2 Å². The van der Waals surface area contributed by atoms with Gasteiger partial charge in [-0.25, -0.2) is 4.98 Å². The molecule has 5 nitrogen and oxygen atoms in total. The first-order chi connectivity index (χ1) is 11.7. The van der Waals surface area contributed by atoms with Gasteiger partial charge in [0.2, 0.25) is 11.8 Å². The van der Waals surface area contributed by atoms with Crippen molar-refractivity contribution in [1.29, 1.82) is 0 Å². The summed E-state index contributed by atoms with van der Waals surface area (Å²) >= 11 is 0. The first kappa shape index (κ1) is 16.2. The summed E-state index contributed by atoms with van der Waals surface area (Å²) in [5, 5.41) is 2.97. The van der Waals surface area contributed by atoms with Crippen LogP contribution in [0.4, 0.5) is 0 Å². The summed E-state index contributed by atoms with van der Waals surface area (Å²) in [6.07, 6.45) is 5.50. The van der Waals surface area contributed by atoms with E-state index in [4.69, 9.17) is 0 Å². The standard InChI is InChI=1S/C19H21N3O2/c23-18-9-8-17(22(18)14-16-7-4-11-20-13-16)19(24)21-12-10-15-5-2-1-3-6-15/h1-7,11,13,17H,8-10,12,14H2,(H,21,24)/p+1. The van der Waals surface area contributed by atoms with E-state index >= 15 is 0 Å². The fourth-order valence-electron chi connectivity index (χ4n) is 3.02. The molecule has 2 aromatic rings. The number of nitrogens with zero attached hydrogens (tertiary/aromatic N) is 1. The third kappa shape index (κ3) is 3.98. The topological polar surface area (TPSA) is 63.6 Å². The van der Waals surface area contributed by atoms with E-state index in [9.17, 15) is 9.59 Å². The van der Waals surface area contributed by atoms with Crippen LogP contribution < -0.4 is 10.3 Å². The quantitative estimate of drug-likeness (QED) is 0.872. The molecule has 24 heavy (non-hydrogen) atoms. The molecule has 2 heterocycles. The van der Waals surface area contributed by atoms with Crippen molar-refractivity contribution in [3.05, 3.63) is 66.0 Å². The molecule has 0 bridgehead atoms. The van der Waals surface area contributed by atoms with E-state index in [-0.39, 0.29) is 17.9 Å². The van der Waals surface area contributed by atoms with Gasteiger partial charge in [0.1, 0.15) is 6.04 Å². The lowest BCUT2D eigenvalue weighted by Gasteiger charge is -2.23. The van der Waals surface area contributed by atoms with Crippen molar-refractivity contribution >= 4 is 11.8 Å². The second kappa shape index (κ2) is 7.73. The molecule has 1 unspecified atom stereocenters. The van der Waals surface area contributed by atoms with E-state index in [1.54, 1.807) is 4.90 Å². The monoisotopic (exact) mass is 324 g/mol. The average molecular weight is 324 g/mol. The molecular weight excluding hydrogens is 302 g/mol. The summed E-state index contributed by atoms with van der Waals surface area (Å²) < 4.78 is 0. The fourth-order valence-corrected chi connectivity index (χ4v) is 3.02. The Labute approximate surface area is 141 Å². The number of amides is 2. The summed E-state index contributed by atoms with van der Waals surface area (Å²) in [6, 6.07) is 13.5. The van der Waals surface area contributed by atoms with Gasteiger partial charge in [-0.15, -0.1) is 0 Å². The number of likely N-dealkylation sites (tertiary alicyclic amines) is 1. The van der Waals surface area contributed by atoms with Crippen LogP contribution in [-0.4, -0.2) is 29.3 Å². The fraction of sp³-hybridized carbons (Fsp3) is 0.316. The van der Waals surface area contributed by atoms with Crippen LogP contribution >= 0.6 is 0 Å². The SMILES string of the molecule is O=C(NCCc1ccccc1)C1CCC(=O)N1Cc1ccc[nH+]c1. The van der Waals surface area contributed by atoms with Gasteiger partial charge in [-0.2, -0.15) is 0 Å². The van der Waals surface area contributed by atoms with Gasteiger partial charge in [-0.05, 0) is 24.5 Å². The van der Waals surface area contributed by atoms with Gasteiger partial charge in [-0.1, -0.05) is 30.3 Å². The van der Waals surface area contributed by atoms with Gasteiger partial charge in [-0.3, -0.25) is 9.59 Å². The first-order valence-electron chi connectivity index (χ1n) is 8.30. The van der Waals surface area contributed by atoms with Gasteiger partial charge >= 0.3 is 0 Å². The van der Waals surface area contributed by atoms with Crippen LogP contribution in [0.5, 0.6) is 0 Å². The number of hydrogen-bond acceptors (Lipinski definition) is 2. The smallest absolute Gasteiger partial charge is 0.242 e. The molecule has 1 fully saturated rings. The molecule has 1 aliphatic rings. The van der Waals surface area contributed by atoms with E-state index < -0.39 is 0 Å². The Morgan fingerprint density at radius 1 is 1.17 bits per heavy atom. The Balaban J connectivity index is 1.55. The highest BCUT2D eigenvalue weighted by Gasteiger charge is 2.35. The Morgan fingerprint density at radius 3 is 2.71 bits per heavy atom. The van der Waals surface area contributed by atoms with E-state index in [1.165, 1.54) is 5.56 Å². The minimum atomic E-state index is -0.367. The second-order valence-corrected chi connectivity index (χ2v) is 6.01. The van der Waals surface area contributed by atoms with E-state index in [1.807, 2.05) is 54.9 Å². The average Bonchev–Trinajstić information content (AvgIpc) is 2.97. The van der Waals surface area contributed by atoms with Gasteiger partial charge in [0, 0.05) is 24.6 Å². The van der Waals surface area contributed by atoms with E-state index in [0.29, 0.717) is 25.9 Å². The zero-order valence-electron chi connectivity index (χ0n) is 13.6. The minimum absolute atomic E-state index is 0.0436. The molecule has 0 spiro atoms. The molecular formula is C19H22N3O2+. The Kier molecular flexibility index (Phi) is 5.21. The van der Waals surface area contributed by atoms with Crippen molar-refractivity contribution in [1.82, 2.24) is 10.2 Å². The Bertz CT molecular complexity index is 688. The predicted octanol–water partition coefficient (Wildman–Crippen LogP) is 1.35. The molecule has 2 N–H and O–H groups in total. The molecule has 124 valence electrons. The zero-order chi connectivity index (χ0) is 16.8. The first-order valence-corrected chi connectivity index (χ1v) is 8.30. The van der Waals surface area contributed by atoms with Crippen LogP contribution in [0, 0.1) is 0 Å². The van der Waals surface area contributed by atoms with Crippen molar-refractivity contribution in [2.24, 2.45) is 0 Å². The summed E-state index contributed by atoms with van der Waals surface area (Å²) in [5.41, 5.74) is 2.19. The molecule has 3 rings (SSSR count).